The van der Waals surface area contributed by atoms with E-state index < -0.39 is 34.3 Å². The van der Waals surface area contributed by atoms with Crippen LogP contribution in [0.3, 0.4) is 0 Å². The van der Waals surface area contributed by atoms with Gasteiger partial charge in [-0.3, -0.25) is 9.59 Å². The van der Waals surface area contributed by atoms with Crippen LogP contribution < -0.4 is 10.0 Å². The molecule has 1 aliphatic carbocycles. The Hall–Kier alpha value is -2.04. The van der Waals surface area contributed by atoms with Crippen molar-refractivity contribution in [2.24, 2.45) is 5.92 Å². The maximum Gasteiger partial charge on any atom is 0.243 e. The minimum absolute atomic E-state index is 0.0156. The van der Waals surface area contributed by atoms with Gasteiger partial charge in [0.2, 0.25) is 21.8 Å². The monoisotopic (exact) mass is 497 g/mol. The third-order valence-electron chi connectivity index (χ3n) is 6.52. The summed E-state index contributed by atoms with van der Waals surface area (Å²) in [5, 5.41) is 2.95. The van der Waals surface area contributed by atoms with Gasteiger partial charge in [0.05, 0.1) is 17.5 Å². The summed E-state index contributed by atoms with van der Waals surface area (Å²) in [7, 11) is -4.01. The van der Waals surface area contributed by atoms with Crippen LogP contribution in [0.1, 0.15) is 58.8 Å². The molecule has 1 aromatic rings. The maximum absolute atomic E-state index is 13.4. The Labute approximate surface area is 201 Å². The Morgan fingerprint density at radius 3 is 2.35 bits per heavy atom. The largest absolute Gasteiger partial charge is 0.376 e. The van der Waals surface area contributed by atoms with Crippen LogP contribution in [0.5, 0.6) is 0 Å². The first kappa shape index (κ1) is 26.6. The quantitative estimate of drug-likeness (QED) is 0.517. The molecule has 0 radical (unpaired) electrons. The highest BCUT2D eigenvalue weighted by Crippen LogP contribution is 2.27. The number of nitrogens with one attached hydrogen (secondary N) is 2. The molecule has 1 aliphatic heterocycles. The molecule has 2 N–H and O–H groups in total. The second kappa shape index (κ2) is 12.1. The van der Waals surface area contributed by atoms with Crippen LogP contribution in [0.25, 0.3) is 0 Å². The number of carbonyl (C=O) groups excluding carboxylic acids is 2. The lowest BCUT2D eigenvalue weighted by atomic mass is 9.90. The fourth-order valence-corrected chi connectivity index (χ4v) is 5.74. The molecule has 2 atom stereocenters. The number of sulfonamides is 1. The highest BCUT2D eigenvalue weighted by atomic mass is 32.2. The topological polar surface area (TPSA) is 105 Å². The van der Waals surface area contributed by atoms with Crippen molar-refractivity contribution in [2.45, 2.75) is 81.9 Å². The number of carbonyl (C=O) groups is 2. The summed E-state index contributed by atoms with van der Waals surface area (Å²) < 4.78 is 46.4. The zero-order valence-electron chi connectivity index (χ0n) is 20.0. The summed E-state index contributed by atoms with van der Waals surface area (Å²) in [5.74, 6) is -1.40. The highest BCUT2D eigenvalue weighted by molar-refractivity contribution is 7.89. The van der Waals surface area contributed by atoms with E-state index in [2.05, 4.69) is 10.0 Å². The summed E-state index contributed by atoms with van der Waals surface area (Å²) in [6.07, 6.45) is 6.39. The fourth-order valence-electron chi connectivity index (χ4n) is 4.76. The Morgan fingerprint density at radius 1 is 1.09 bits per heavy atom. The van der Waals surface area contributed by atoms with Crippen molar-refractivity contribution in [1.29, 1.82) is 0 Å². The fraction of sp³-hybridized carbons (Fsp3) is 0.667. The van der Waals surface area contributed by atoms with Crippen LogP contribution >= 0.6 is 0 Å². The molecule has 2 amide bonds. The highest BCUT2D eigenvalue weighted by Gasteiger charge is 2.38. The van der Waals surface area contributed by atoms with Crippen LogP contribution in [0.4, 0.5) is 4.39 Å². The smallest absolute Gasteiger partial charge is 0.243 e. The van der Waals surface area contributed by atoms with E-state index in [0.29, 0.717) is 13.2 Å². The van der Waals surface area contributed by atoms with Crippen molar-refractivity contribution >= 4 is 21.8 Å². The van der Waals surface area contributed by atoms with E-state index in [0.717, 1.165) is 69.2 Å². The standard InChI is InChI=1S/C24H36FN3O5S/c1-17(2)23(24(30)26-15-20-9-6-14-33-20)28(19-7-4-3-5-8-19)22(29)16-27-34(31,32)21-12-10-18(25)11-13-21/h10-13,17,19-20,23,27H,3-9,14-16H2,1-2H3,(H,26,30)/t20-,23-/m0/s1. The van der Waals surface area contributed by atoms with E-state index in [4.69, 9.17) is 4.74 Å². The van der Waals surface area contributed by atoms with Gasteiger partial charge in [-0.25, -0.2) is 17.5 Å². The van der Waals surface area contributed by atoms with E-state index in [1.54, 1.807) is 4.90 Å². The number of rotatable bonds is 10. The average Bonchev–Trinajstić information content (AvgIpc) is 3.34. The second-order valence-corrected chi connectivity index (χ2v) is 11.2. The van der Waals surface area contributed by atoms with Gasteiger partial charge in [-0.15, -0.1) is 0 Å². The molecular weight excluding hydrogens is 461 g/mol. The molecule has 2 aliphatic rings. The lowest BCUT2D eigenvalue weighted by Gasteiger charge is -2.41. The van der Waals surface area contributed by atoms with Crippen LogP contribution in [0.15, 0.2) is 29.2 Å². The molecule has 1 heterocycles. The normalized spacial score (nSPS) is 20.3. The molecule has 0 spiro atoms. The van der Waals surface area contributed by atoms with Gasteiger partial charge in [0.1, 0.15) is 11.9 Å². The van der Waals surface area contributed by atoms with Crippen molar-refractivity contribution < 1.29 is 27.1 Å². The van der Waals surface area contributed by atoms with Crippen LogP contribution in [-0.4, -0.2) is 63.0 Å². The van der Waals surface area contributed by atoms with Gasteiger partial charge < -0.3 is 15.0 Å². The number of amides is 2. The second-order valence-electron chi connectivity index (χ2n) is 9.44. The van der Waals surface area contributed by atoms with Crippen LogP contribution in [0.2, 0.25) is 0 Å². The number of ether oxygens (including phenoxy) is 1. The van der Waals surface area contributed by atoms with Crippen molar-refractivity contribution in [3.8, 4) is 0 Å². The molecule has 1 aromatic carbocycles. The van der Waals surface area contributed by atoms with Crippen molar-refractivity contribution in [2.75, 3.05) is 19.7 Å². The Balaban J connectivity index is 1.75. The lowest BCUT2D eigenvalue weighted by Crippen LogP contribution is -2.58. The van der Waals surface area contributed by atoms with Gasteiger partial charge in [-0.1, -0.05) is 33.1 Å². The first-order chi connectivity index (χ1) is 16.2. The summed E-state index contributed by atoms with van der Waals surface area (Å²) in [6.45, 7) is 4.39. The van der Waals surface area contributed by atoms with E-state index in [-0.39, 0.29) is 28.9 Å². The van der Waals surface area contributed by atoms with Crippen LogP contribution in [0, 0.1) is 11.7 Å². The van der Waals surface area contributed by atoms with E-state index in [9.17, 15) is 22.4 Å². The molecule has 0 unspecified atom stereocenters. The molecule has 1 saturated heterocycles. The van der Waals surface area contributed by atoms with Crippen molar-refractivity contribution in [3.05, 3.63) is 30.1 Å². The van der Waals surface area contributed by atoms with Gasteiger partial charge in [0.25, 0.3) is 0 Å². The predicted molar refractivity (Wildman–Crippen MR) is 126 cm³/mol. The third-order valence-corrected chi connectivity index (χ3v) is 7.94. The van der Waals surface area contributed by atoms with Gasteiger partial charge in [-0.2, -0.15) is 0 Å². The Bertz CT molecular complexity index is 926. The van der Waals surface area contributed by atoms with Gasteiger partial charge >= 0.3 is 0 Å². The Kier molecular flexibility index (Phi) is 9.44. The number of hydrogen-bond acceptors (Lipinski definition) is 5. The molecule has 10 heteroatoms. The average molecular weight is 498 g/mol. The SMILES string of the molecule is CC(C)[C@@H](C(=O)NC[C@@H]1CCCO1)N(C(=O)CNS(=O)(=O)c1ccc(F)cc1)C1CCCCC1. The third kappa shape index (κ3) is 6.99. The predicted octanol–water partition coefficient (Wildman–Crippen LogP) is 2.59. The number of benzene rings is 1. The number of nitrogens with zero attached hydrogens (tertiary/aromatic N) is 1. The minimum Gasteiger partial charge on any atom is -0.376 e. The Morgan fingerprint density at radius 2 is 1.76 bits per heavy atom. The zero-order valence-corrected chi connectivity index (χ0v) is 20.8. The molecule has 34 heavy (non-hydrogen) atoms. The first-order valence-corrected chi connectivity index (χ1v) is 13.6. The lowest BCUT2D eigenvalue weighted by molar-refractivity contribution is -0.145. The molecule has 190 valence electrons. The van der Waals surface area contributed by atoms with Gasteiger partial charge in [0, 0.05) is 19.2 Å². The molecule has 8 nitrogen and oxygen atoms in total. The van der Waals surface area contributed by atoms with Gasteiger partial charge in [-0.05, 0) is 55.9 Å². The summed E-state index contributed by atoms with van der Waals surface area (Å²) in [6, 6.07) is 3.56. The van der Waals surface area contributed by atoms with Crippen LogP contribution in [-0.2, 0) is 24.3 Å². The molecule has 0 bridgehead atoms. The first-order valence-electron chi connectivity index (χ1n) is 12.1. The van der Waals surface area contributed by atoms with E-state index in [1.165, 1.54) is 0 Å². The van der Waals surface area contributed by atoms with Gasteiger partial charge in [0.15, 0.2) is 0 Å². The molecule has 0 aromatic heterocycles. The molecular formula is C24H36FN3O5S. The van der Waals surface area contributed by atoms with Crippen molar-refractivity contribution in [3.63, 3.8) is 0 Å². The maximum atomic E-state index is 13.4. The summed E-state index contributed by atoms with van der Waals surface area (Å²) in [5.41, 5.74) is 0. The summed E-state index contributed by atoms with van der Waals surface area (Å²) in [4.78, 5) is 28.1. The number of halogens is 1. The molecule has 1 saturated carbocycles. The molecule has 3 rings (SSSR count). The van der Waals surface area contributed by atoms with E-state index >= 15 is 0 Å². The minimum atomic E-state index is -4.01. The molecule has 2 fully saturated rings. The van der Waals surface area contributed by atoms with Crippen molar-refractivity contribution in [1.82, 2.24) is 14.9 Å². The zero-order chi connectivity index (χ0) is 24.7. The van der Waals surface area contributed by atoms with E-state index in [1.807, 2.05) is 13.8 Å². The number of hydrogen-bond donors (Lipinski definition) is 2. The summed E-state index contributed by atoms with van der Waals surface area (Å²) >= 11 is 0.